The lowest BCUT2D eigenvalue weighted by atomic mass is 10.1. The van der Waals surface area contributed by atoms with Gasteiger partial charge in [-0.3, -0.25) is 4.90 Å². The van der Waals surface area contributed by atoms with E-state index in [9.17, 15) is 5.26 Å². The minimum absolute atomic E-state index is 0.0357. The maximum absolute atomic E-state index is 9.57. The Morgan fingerprint density at radius 2 is 2.04 bits per heavy atom. The summed E-state index contributed by atoms with van der Waals surface area (Å²) in [6.07, 6.45) is 4.07. The number of nitriles is 1. The number of aromatic nitrogens is 1. The van der Waals surface area contributed by atoms with Crippen LogP contribution in [0, 0.1) is 11.3 Å². The molecule has 1 fully saturated rings. The molecular formula is C20H18ClN3O. The van der Waals surface area contributed by atoms with Crippen LogP contribution >= 0.6 is 11.6 Å². The fourth-order valence-corrected chi connectivity index (χ4v) is 3.52. The standard InChI is InChI=1S/C20H18ClN3O/c21-17-6-4-15(5-7-17)20-14-23(9-10-25-20)12-16-13-24-8-2-1-3-19(24)18(16)11-22/h1-8,13,20H,9-10,12,14H2. The number of fused-ring (bicyclic) bond motifs is 1. The predicted octanol–water partition coefficient (Wildman–Crippen LogP) is 4.04. The van der Waals surface area contributed by atoms with Crippen molar-refractivity contribution in [3.63, 3.8) is 0 Å². The Kier molecular flexibility index (Phi) is 4.46. The van der Waals surface area contributed by atoms with Gasteiger partial charge in [-0.1, -0.05) is 29.8 Å². The quantitative estimate of drug-likeness (QED) is 0.715. The van der Waals surface area contributed by atoms with Crippen molar-refractivity contribution in [2.75, 3.05) is 19.7 Å². The molecular weight excluding hydrogens is 334 g/mol. The molecule has 1 atom stereocenters. The fourth-order valence-electron chi connectivity index (χ4n) is 3.39. The Bertz CT molecular complexity index is 926. The van der Waals surface area contributed by atoms with E-state index >= 15 is 0 Å². The Morgan fingerprint density at radius 3 is 2.84 bits per heavy atom. The monoisotopic (exact) mass is 351 g/mol. The molecule has 1 aliphatic heterocycles. The topological polar surface area (TPSA) is 40.7 Å². The first-order chi connectivity index (χ1) is 12.2. The molecule has 2 aromatic heterocycles. The molecule has 1 unspecified atom stereocenters. The van der Waals surface area contributed by atoms with Crippen LogP contribution < -0.4 is 0 Å². The van der Waals surface area contributed by atoms with Crippen LogP contribution in [0.25, 0.3) is 5.52 Å². The second kappa shape index (κ2) is 6.89. The summed E-state index contributed by atoms with van der Waals surface area (Å²) in [4.78, 5) is 2.35. The van der Waals surface area contributed by atoms with Gasteiger partial charge in [0.05, 0.1) is 23.8 Å². The SMILES string of the molecule is N#Cc1c(CN2CCOC(c3ccc(Cl)cc3)C2)cn2ccccc12. The van der Waals surface area contributed by atoms with Crippen molar-refractivity contribution >= 4 is 17.1 Å². The maximum Gasteiger partial charge on any atom is 0.102 e. The fraction of sp³-hybridized carbons (Fsp3) is 0.250. The van der Waals surface area contributed by atoms with E-state index in [0.717, 1.165) is 46.9 Å². The average Bonchev–Trinajstić information content (AvgIpc) is 2.99. The van der Waals surface area contributed by atoms with Gasteiger partial charge < -0.3 is 9.14 Å². The summed E-state index contributed by atoms with van der Waals surface area (Å²) in [5.41, 5.74) is 3.92. The molecule has 0 radical (unpaired) electrons. The van der Waals surface area contributed by atoms with E-state index in [2.05, 4.69) is 17.2 Å². The average molecular weight is 352 g/mol. The van der Waals surface area contributed by atoms with Crippen LogP contribution in [0.5, 0.6) is 0 Å². The lowest BCUT2D eigenvalue weighted by molar-refractivity contribution is -0.0329. The second-order valence-corrected chi connectivity index (χ2v) is 6.72. The summed E-state index contributed by atoms with van der Waals surface area (Å²) < 4.78 is 7.95. The molecule has 4 nitrogen and oxygen atoms in total. The molecule has 0 spiro atoms. The van der Waals surface area contributed by atoms with Crippen LogP contribution in [-0.4, -0.2) is 29.0 Å². The number of ether oxygens (including phenoxy) is 1. The van der Waals surface area contributed by atoms with E-state index in [-0.39, 0.29) is 6.10 Å². The predicted molar refractivity (Wildman–Crippen MR) is 97.5 cm³/mol. The number of benzene rings is 1. The lowest BCUT2D eigenvalue weighted by Gasteiger charge is -2.33. The van der Waals surface area contributed by atoms with E-state index in [1.807, 2.05) is 53.1 Å². The molecule has 3 aromatic rings. The van der Waals surface area contributed by atoms with Gasteiger partial charge in [0.25, 0.3) is 0 Å². The number of morpholine rings is 1. The lowest BCUT2D eigenvalue weighted by Crippen LogP contribution is -2.37. The Labute approximate surface area is 151 Å². The number of rotatable bonds is 3. The second-order valence-electron chi connectivity index (χ2n) is 6.28. The van der Waals surface area contributed by atoms with Gasteiger partial charge in [-0.2, -0.15) is 5.26 Å². The maximum atomic E-state index is 9.57. The third-order valence-electron chi connectivity index (χ3n) is 4.66. The van der Waals surface area contributed by atoms with Gasteiger partial charge in [0, 0.05) is 42.6 Å². The summed E-state index contributed by atoms with van der Waals surface area (Å²) in [5.74, 6) is 0. The molecule has 1 aliphatic rings. The molecule has 1 aromatic carbocycles. The summed E-state index contributed by atoms with van der Waals surface area (Å²) in [6, 6.07) is 16.1. The van der Waals surface area contributed by atoms with Gasteiger partial charge in [0.15, 0.2) is 0 Å². The zero-order valence-electron chi connectivity index (χ0n) is 13.7. The van der Waals surface area contributed by atoms with E-state index < -0.39 is 0 Å². The molecule has 5 heteroatoms. The highest BCUT2D eigenvalue weighted by molar-refractivity contribution is 6.30. The number of hydrogen-bond donors (Lipinski definition) is 0. The molecule has 0 bridgehead atoms. The van der Waals surface area contributed by atoms with Crippen molar-refractivity contribution < 1.29 is 4.74 Å². The van der Waals surface area contributed by atoms with E-state index in [1.54, 1.807) is 0 Å². The Balaban J connectivity index is 1.55. The summed E-state index contributed by atoms with van der Waals surface area (Å²) in [6.45, 7) is 3.10. The molecule has 4 rings (SSSR count). The number of nitrogens with zero attached hydrogens (tertiary/aromatic N) is 3. The van der Waals surface area contributed by atoms with Gasteiger partial charge in [-0.25, -0.2) is 0 Å². The van der Waals surface area contributed by atoms with Crippen LogP contribution in [0.4, 0.5) is 0 Å². The first kappa shape index (κ1) is 16.2. The van der Waals surface area contributed by atoms with Crippen LogP contribution in [0.15, 0.2) is 54.9 Å². The van der Waals surface area contributed by atoms with Crippen molar-refractivity contribution in [2.24, 2.45) is 0 Å². The van der Waals surface area contributed by atoms with Crippen LogP contribution in [0.3, 0.4) is 0 Å². The minimum Gasteiger partial charge on any atom is -0.371 e. The van der Waals surface area contributed by atoms with Crippen molar-refractivity contribution in [3.05, 3.63) is 76.6 Å². The van der Waals surface area contributed by atoms with Gasteiger partial charge in [0.1, 0.15) is 6.07 Å². The van der Waals surface area contributed by atoms with E-state index in [0.29, 0.717) is 6.61 Å². The van der Waals surface area contributed by atoms with E-state index in [4.69, 9.17) is 16.3 Å². The zero-order chi connectivity index (χ0) is 17.2. The molecule has 1 saturated heterocycles. The Morgan fingerprint density at radius 1 is 1.20 bits per heavy atom. The van der Waals surface area contributed by atoms with Gasteiger partial charge in [-0.15, -0.1) is 0 Å². The van der Waals surface area contributed by atoms with E-state index in [1.165, 1.54) is 0 Å². The first-order valence-electron chi connectivity index (χ1n) is 8.32. The summed E-state index contributed by atoms with van der Waals surface area (Å²) >= 11 is 5.97. The number of hydrogen-bond acceptors (Lipinski definition) is 3. The molecule has 126 valence electrons. The molecule has 3 heterocycles. The van der Waals surface area contributed by atoms with Crippen molar-refractivity contribution in [3.8, 4) is 6.07 Å². The van der Waals surface area contributed by atoms with Crippen LogP contribution in [0.2, 0.25) is 5.02 Å². The minimum atomic E-state index is 0.0357. The largest absolute Gasteiger partial charge is 0.371 e. The highest BCUT2D eigenvalue weighted by atomic mass is 35.5. The highest BCUT2D eigenvalue weighted by Crippen LogP contribution is 2.26. The number of pyridine rings is 1. The van der Waals surface area contributed by atoms with Crippen molar-refractivity contribution in [1.82, 2.24) is 9.30 Å². The van der Waals surface area contributed by atoms with Crippen LogP contribution in [0.1, 0.15) is 22.8 Å². The third-order valence-corrected chi connectivity index (χ3v) is 4.91. The first-order valence-corrected chi connectivity index (χ1v) is 8.70. The Hall–Kier alpha value is -2.32. The smallest absolute Gasteiger partial charge is 0.102 e. The van der Waals surface area contributed by atoms with Crippen LogP contribution in [-0.2, 0) is 11.3 Å². The van der Waals surface area contributed by atoms with Gasteiger partial charge >= 0.3 is 0 Å². The molecule has 0 N–H and O–H groups in total. The normalized spacial score (nSPS) is 18.3. The van der Waals surface area contributed by atoms with Crippen molar-refractivity contribution in [1.29, 1.82) is 5.26 Å². The van der Waals surface area contributed by atoms with Gasteiger partial charge in [-0.05, 0) is 29.8 Å². The molecule has 0 saturated carbocycles. The zero-order valence-corrected chi connectivity index (χ0v) is 14.5. The number of halogens is 1. The van der Waals surface area contributed by atoms with Gasteiger partial charge in [0.2, 0.25) is 0 Å². The van der Waals surface area contributed by atoms with Crippen molar-refractivity contribution in [2.45, 2.75) is 12.6 Å². The summed E-state index contributed by atoms with van der Waals surface area (Å²) in [7, 11) is 0. The molecule has 0 amide bonds. The summed E-state index contributed by atoms with van der Waals surface area (Å²) in [5, 5.41) is 10.3. The molecule has 0 aliphatic carbocycles. The molecule has 25 heavy (non-hydrogen) atoms. The highest BCUT2D eigenvalue weighted by Gasteiger charge is 2.23. The third kappa shape index (κ3) is 3.27.